The molecule has 1 fully saturated rings. The second-order valence-electron chi connectivity index (χ2n) is 7.41. The van der Waals surface area contributed by atoms with E-state index in [0.29, 0.717) is 6.54 Å². The molecule has 2 aromatic rings. The number of nitrogens with one attached hydrogen (secondary N) is 1. The van der Waals surface area contributed by atoms with Crippen LogP contribution in [0.3, 0.4) is 0 Å². The van der Waals surface area contributed by atoms with E-state index in [9.17, 15) is 13.2 Å². The van der Waals surface area contributed by atoms with Crippen molar-refractivity contribution in [2.75, 3.05) is 27.2 Å². The highest BCUT2D eigenvalue weighted by atomic mass is 32.2. The van der Waals surface area contributed by atoms with E-state index in [2.05, 4.69) is 16.4 Å². The molecule has 1 N–H and O–H groups in total. The van der Waals surface area contributed by atoms with Gasteiger partial charge in [0.05, 0.1) is 13.7 Å². The Balaban J connectivity index is 1.69. The van der Waals surface area contributed by atoms with Crippen molar-refractivity contribution in [2.24, 2.45) is 0 Å². The number of sulfonamides is 1. The average Bonchev–Trinajstić information content (AvgIpc) is 3.23. The molecule has 1 heterocycles. The lowest BCUT2D eigenvalue weighted by molar-refractivity contribution is -0.121. The summed E-state index contributed by atoms with van der Waals surface area (Å²) >= 11 is 0. The molecule has 1 aromatic carbocycles. The van der Waals surface area contributed by atoms with Gasteiger partial charge in [-0.3, -0.25) is 9.78 Å². The van der Waals surface area contributed by atoms with Gasteiger partial charge in [-0.1, -0.05) is 31.0 Å². The summed E-state index contributed by atoms with van der Waals surface area (Å²) < 4.78 is 31.8. The molecule has 29 heavy (non-hydrogen) atoms. The smallest absolute Gasteiger partial charge is 0.244 e. The van der Waals surface area contributed by atoms with Crippen molar-refractivity contribution in [3.63, 3.8) is 0 Å². The lowest BCUT2D eigenvalue weighted by Crippen LogP contribution is -2.44. The third-order valence-electron chi connectivity index (χ3n) is 5.57. The van der Waals surface area contributed by atoms with Crippen LogP contribution in [0.25, 0.3) is 0 Å². The molecule has 7 nitrogen and oxygen atoms in total. The molecule has 0 bridgehead atoms. The van der Waals surface area contributed by atoms with Crippen LogP contribution in [-0.4, -0.2) is 50.9 Å². The fraction of sp³-hybridized carbons (Fsp3) is 0.429. The summed E-state index contributed by atoms with van der Waals surface area (Å²) in [6.07, 6.45) is 6.87. The number of amides is 1. The Morgan fingerprint density at radius 3 is 2.59 bits per heavy atom. The molecule has 0 aliphatic heterocycles. The molecule has 3 rings (SSSR count). The van der Waals surface area contributed by atoms with Crippen LogP contribution in [-0.2, 0) is 20.2 Å². The standard InChI is InChI=1S/C21H27N3O4S/c1-24(29(26,27)17-8-7-13-22-14-17)15-20(25)23-16-21(11-5-6-12-21)18-9-3-4-10-19(18)28-2/h3-4,7-10,13-14H,5-6,11-12,15-16H2,1-2H3,(H,23,25). The van der Waals surface area contributed by atoms with Gasteiger partial charge in [-0.2, -0.15) is 4.31 Å². The first-order chi connectivity index (χ1) is 13.9. The Kier molecular flexibility index (Phi) is 6.54. The van der Waals surface area contributed by atoms with E-state index in [1.54, 1.807) is 13.2 Å². The summed E-state index contributed by atoms with van der Waals surface area (Å²) in [6, 6.07) is 10.9. The van der Waals surface area contributed by atoms with Crippen molar-refractivity contribution >= 4 is 15.9 Å². The number of methoxy groups -OCH3 is 1. The van der Waals surface area contributed by atoms with E-state index in [4.69, 9.17) is 4.74 Å². The zero-order valence-corrected chi connectivity index (χ0v) is 17.6. The summed E-state index contributed by atoms with van der Waals surface area (Å²) in [7, 11) is -0.712. The van der Waals surface area contributed by atoms with Crippen LogP contribution in [0.1, 0.15) is 31.2 Å². The lowest BCUT2D eigenvalue weighted by Gasteiger charge is -2.31. The Morgan fingerprint density at radius 1 is 1.21 bits per heavy atom. The van der Waals surface area contributed by atoms with Gasteiger partial charge in [0.2, 0.25) is 15.9 Å². The van der Waals surface area contributed by atoms with Gasteiger partial charge >= 0.3 is 0 Å². The third-order valence-corrected chi connectivity index (χ3v) is 7.36. The van der Waals surface area contributed by atoms with Gasteiger partial charge in [-0.05, 0) is 31.0 Å². The van der Waals surface area contributed by atoms with Gasteiger partial charge in [-0.25, -0.2) is 8.42 Å². The van der Waals surface area contributed by atoms with E-state index in [0.717, 1.165) is 41.3 Å². The lowest BCUT2D eigenvalue weighted by atomic mass is 9.78. The maximum atomic E-state index is 12.6. The number of para-hydroxylation sites is 1. The maximum absolute atomic E-state index is 12.6. The molecular formula is C21H27N3O4S. The number of aromatic nitrogens is 1. The minimum atomic E-state index is -3.76. The second kappa shape index (κ2) is 8.92. The van der Waals surface area contributed by atoms with Gasteiger partial charge in [0.1, 0.15) is 10.6 Å². The van der Waals surface area contributed by atoms with E-state index in [-0.39, 0.29) is 22.8 Å². The van der Waals surface area contributed by atoms with Crippen LogP contribution in [0.2, 0.25) is 0 Å². The fourth-order valence-electron chi connectivity index (χ4n) is 3.97. The zero-order valence-electron chi connectivity index (χ0n) is 16.8. The highest BCUT2D eigenvalue weighted by Crippen LogP contribution is 2.44. The first-order valence-electron chi connectivity index (χ1n) is 9.66. The highest BCUT2D eigenvalue weighted by Gasteiger charge is 2.38. The Labute approximate surface area is 172 Å². The normalized spacial score (nSPS) is 16.0. The number of hydrogen-bond donors (Lipinski definition) is 1. The monoisotopic (exact) mass is 417 g/mol. The summed E-state index contributed by atoms with van der Waals surface area (Å²) in [6.45, 7) is 0.201. The first-order valence-corrected chi connectivity index (χ1v) is 11.1. The van der Waals surface area contributed by atoms with E-state index in [1.807, 2.05) is 18.2 Å². The Morgan fingerprint density at radius 2 is 1.93 bits per heavy atom. The molecule has 1 aliphatic carbocycles. The second-order valence-corrected chi connectivity index (χ2v) is 9.46. The molecule has 0 atom stereocenters. The summed E-state index contributed by atoms with van der Waals surface area (Å²) in [4.78, 5) is 16.5. The third kappa shape index (κ3) is 4.59. The number of nitrogens with zero attached hydrogens (tertiary/aromatic N) is 2. The molecule has 1 aliphatic rings. The number of ether oxygens (including phenoxy) is 1. The number of carbonyl (C=O) groups is 1. The van der Waals surface area contributed by atoms with Crippen LogP contribution in [0.5, 0.6) is 5.75 Å². The van der Waals surface area contributed by atoms with Crippen molar-refractivity contribution in [1.29, 1.82) is 0 Å². The van der Waals surface area contributed by atoms with Gasteiger partial charge in [0.15, 0.2) is 0 Å². The van der Waals surface area contributed by atoms with Gasteiger partial charge in [0, 0.05) is 37.0 Å². The molecule has 1 saturated carbocycles. The van der Waals surface area contributed by atoms with Crippen molar-refractivity contribution in [3.05, 3.63) is 54.4 Å². The van der Waals surface area contributed by atoms with Crippen molar-refractivity contribution in [3.8, 4) is 5.75 Å². The van der Waals surface area contributed by atoms with Crippen LogP contribution >= 0.6 is 0 Å². The molecule has 0 radical (unpaired) electrons. The van der Waals surface area contributed by atoms with Crippen LogP contribution < -0.4 is 10.1 Å². The molecule has 8 heteroatoms. The van der Waals surface area contributed by atoms with Crippen LogP contribution in [0, 0.1) is 0 Å². The summed E-state index contributed by atoms with van der Waals surface area (Å²) in [5, 5.41) is 2.95. The minimum absolute atomic E-state index is 0.0663. The number of benzene rings is 1. The molecule has 1 amide bonds. The van der Waals surface area contributed by atoms with E-state index in [1.165, 1.54) is 25.5 Å². The Hall–Kier alpha value is -2.45. The molecule has 0 spiro atoms. The van der Waals surface area contributed by atoms with Crippen molar-refractivity contribution in [2.45, 2.75) is 36.0 Å². The van der Waals surface area contributed by atoms with E-state index >= 15 is 0 Å². The van der Waals surface area contributed by atoms with Crippen molar-refractivity contribution in [1.82, 2.24) is 14.6 Å². The highest BCUT2D eigenvalue weighted by molar-refractivity contribution is 7.89. The molecular weight excluding hydrogens is 390 g/mol. The quantitative estimate of drug-likeness (QED) is 0.712. The fourth-order valence-corrected chi connectivity index (χ4v) is 5.06. The minimum Gasteiger partial charge on any atom is -0.496 e. The predicted molar refractivity (Wildman–Crippen MR) is 110 cm³/mol. The zero-order chi connectivity index (χ0) is 20.9. The van der Waals surface area contributed by atoms with Gasteiger partial charge < -0.3 is 10.1 Å². The molecule has 0 unspecified atom stereocenters. The number of carbonyl (C=O) groups excluding carboxylic acids is 1. The van der Waals surface area contributed by atoms with Crippen LogP contribution in [0.4, 0.5) is 0 Å². The maximum Gasteiger partial charge on any atom is 0.244 e. The van der Waals surface area contributed by atoms with Crippen molar-refractivity contribution < 1.29 is 17.9 Å². The Bertz CT molecular complexity index is 941. The average molecular weight is 418 g/mol. The largest absolute Gasteiger partial charge is 0.496 e. The summed E-state index contributed by atoms with van der Waals surface area (Å²) in [5.74, 6) is 0.487. The van der Waals surface area contributed by atoms with Gasteiger partial charge in [-0.15, -0.1) is 0 Å². The number of likely N-dealkylation sites (N-methyl/N-ethyl adjacent to an activating group) is 1. The van der Waals surface area contributed by atoms with Gasteiger partial charge in [0.25, 0.3) is 0 Å². The first kappa shape index (κ1) is 21.3. The van der Waals surface area contributed by atoms with E-state index < -0.39 is 10.0 Å². The summed E-state index contributed by atoms with van der Waals surface area (Å²) in [5.41, 5.74) is 0.903. The number of pyridine rings is 1. The SMILES string of the molecule is COc1ccccc1C1(CNC(=O)CN(C)S(=O)(=O)c2cccnc2)CCCC1. The topological polar surface area (TPSA) is 88.6 Å². The predicted octanol–water partition coefficient (Wildman–Crippen LogP) is 2.34. The molecule has 1 aromatic heterocycles. The number of rotatable bonds is 8. The molecule has 156 valence electrons. The molecule has 0 saturated heterocycles. The van der Waals surface area contributed by atoms with Crippen LogP contribution in [0.15, 0.2) is 53.7 Å². The number of hydrogen-bond acceptors (Lipinski definition) is 5.